The Morgan fingerprint density at radius 1 is 1.13 bits per heavy atom. The summed E-state index contributed by atoms with van der Waals surface area (Å²) < 4.78 is 0. The average molecular weight is 422 g/mol. The summed E-state index contributed by atoms with van der Waals surface area (Å²) in [5, 5.41) is 15.1. The van der Waals surface area contributed by atoms with Gasteiger partial charge in [0.15, 0.2) is 0 Å². The summed E-state index contributed by atoms with van der Waals surface area (Å²) in [4.78, 5) is 22.1. The van der Waals surface area contributed by atoms with Gasteiger partial charge < -0.3 is 10.2 Å². The van der Waals surface area contributed by atoms with Gasteiger partial charge in [0, 0.05) is 19.6 Å². The van der Waals surface area contributed by atoms with Crippen LogP contribution < -0.4 is 10.2 Å². The van der Waals surface area contributed by atoms with Crippen molar-refractivity contribution in [2.45, 2.75) is 51.4 Å². The number of anilines is 2. The second-order valence-electron chi connectivity index (χ2n) is 8.56. The fourth-order valence-corrected chi connectivity index (χ4v) is 4.67. The van der Waals surface area contributed by atoms with Gasteiger partial charge in [-0.1, -0.05) is 42.0 Å². The van der Waals surface area contributed by atoms with Gasteiger partial charge in [0.05, 0.1) is 4.92 Å². The third-order valence-electron chi connectivity index (χ3n) is 6.39. The smallest absolute Gasteiger partial charge is 0.353 e. The standard InChI is InChI=1S/C24H31N5O2/c30-29(31)22-23(25-14-11-19-7-3-1-4-8-19)26-18-27-24(22)28-15-12-21(13-16-28)17-20-9-5-2-6-10-20/h2,5-7,9-10,18,21H,1,3-4,8,11-17H2,(H,25,26,27). The highest BCUT2D eigenvalue weighted by molar-refractivity contribution is 5.70. The lowest BCUT2D eigenvalue weighted by atomic mass is 9.90. The molecule has 4 rings (SSSR count). The molecular formula is C24H31N5O2. The van der Waals surface area contributed by atoms with Crippen molar-refractivity contribution in [1.82, 2.24) is 9.97 Å². The van der Waals surface area contributed by atoms with Gasteiger partial charge in [-0.25, -0.2) is 9.97 Å². The van der Waals surface area contributed by atoms with Gasteiger partial charge in [0.2, 0.25) is 11.6 Å². The third kappa shape index (κ3) is 5.60. The summed E-state index contributed by atoms with van der Waals surface area (Å²) in [6.07, 6.45) is 12.5. The Morgan fingerprint density at radius 2 is 1.94 bits per heavy atom. The minimum atomic E-state index is -0.340. The first-order valence-electron chi connectivity index (χ1n) is 11.4. The molecule has 1 aromatic heterocycles. The fourth-order valence-electron chi connectivity index (χ4n) is 4.67. The molecule has 0 saturated carbocycles. The first-order valence-corrected chi connectivity index (χ1v) is 11.4. The number of aromatic nitrogens is 2. The summed E-state index contributed by atoms with van der Waals surface area (Å²) in [6, 6.07) is 10.5. The lowest BCUT2D eigenvalue weighted by Gasteiger charge is -2.32. The van der Waals surface area contributed by atoms with Crippen LogP contribution in [0.25, 0.3) is 0 Å². The van der Waals surface area contributed by atoms with Crippen LogP contribution in [0, 0.1) is 16.0 Å². The quantitative estimate of drug-likeness (QED) is 0.361. The monoisotopic (exact) mass is 421 g/mol. The van der Waals surface area contributed by atoms with Crippen LogP contribution in [-0.2, 0) is 6.42 Å². The zero-order chi connectivity index (χ0) is 21.5. The summed E-state index contributed by atoms with van der Waals surface area (Å²) in [6.45, 7) is 2.21. The molecule has 0 spiro atoms. The van der Waals surface area contributed by atoms with Crippen LogP contribution >= 0.6 is 0 Å². The number of hydrogen-bond donors (Lipinski definition) is 1. The molecule has 31 heavy (non-hydrogen) atoms. The van der Waals surface area contributed by atoms with Gasteiger partial charge in [-0.2, -0.15) is 0 Å². The summed E-state index contributed by atoms with van der Waals surface area (Å²) in [7, 11) is 0. The van der Waals surface area contributed by atoms with Crippen LogP contribution in [0.4, 0.5) is 17.3 Å². The highest BCUT2D eigenvalue weighted by Gasteiger charge is 2.29. The van der Waals surface area contributed by atoms with Crippen molar-refractivity contribution in [2.75, 3.05) is 29.9 Å². The molecule has 0 atom stereocenters. The maximum absolute atomic E-state index is 11.9. The van der Waals surface area contributed by atoms with Crippen molar-refractivity contribution in [3.05, 3.63) is 64.0 Å². The van der Waals surface area contributed by atoms with Gasteiger partial charge in [-0.15, -0.1) is 0 Å². The SMILES string of the molecule is O=[N+]([O-])c1c(NCCC2=CCCCC2)ncnc1N1CCC(Cc2ccccc2)CC1. The van der Waals surface area contributed by atoms with E-state index in [-0.39, 0.29) is 10.6 Å². The van der Waals surface area contributed by atoms with Crippen molar-refractivity contribution in [2.24, 2.45) is 5.92 Å². The first-order chi connectivity index (χ1) is 15.2. The Labute approximate surface area is 183 Å². The van der Waals surface area contributed by atoms with Crippen LogP contribution in [0.15, 0.2) is 48.3 Å². The molecule has 0 unspecified atom stereocenters. The van der Waals surface area contributed by atoms with Crippen LogP contribution in [0.1, 0.15) is 50.5 Å². The lowest BCUT2D eigenvalue weighted by Crippen LogP contribution is -2.35. The van der Waals surface area contributed by atoms with E-state index in [1.807, 2.05) is 6.07 Å². The molecule has 1 fully saturated rings. The largest absolute Gasteiger partial charge is 0.364 e. The lowest BCUT2D eigenvalue weighted by molar-refractivity contribution is -0.383. The van der Waals surface area contributed by atoms with E-state index in [1.165, 1.54) is 30.3 Å². The Balaban J connectivity index is 1.39. The number of nitro groups is 1. The number of benzene rings is 1. The molecule has 1 saturated heterocycles. The van der Waals surface area contributed by atoms with Gasteiger partial charge in [-0.3, -0.25) is 10.1 Å². The average Bonchev–Trinajstić information content (AvgIpc) is 2.81. The topological polar surface area (TPSA) is 84.2 Å². The van der Waals surface area contributed by atoms with Crippen molar-refractivity contribution in [3.63, 3.8) is 0 Å². The van der Waals surface area contributed by atoms with Crippen molar-refractivity contribution in [1.29, 1.82) is 0 Å². The van der Waals surface area contributed by atoms with Crippen LogP contribution in [0.3, 0.4) is 0 Å². The van der Waals surface area contributed by atoms with Gasteiger partial charge in [0.1, 0.15) is 6.33 Å². The molecule has 2 heterocycles. The molecule has 2 aromatic rings. The number of piperidine rings is 1. The van der Waals surface area contributed by atoms with E-state index in [9.17, 15) is 10.1 Å². The van der Waals surface area contributed by atoms with E-state index >= 15 is 0 Å². The number of nitrogens with zero attached hydrogens (tertiary/aromatic N) is 4. The number of hydrogen-bond acceptors (Lipinski definition) is 6. The summed E-state index contributed by atoms with van der Waals surface area (Å²) in [5.41, 5.74) is 2.80. The number of allylic oxidation sites excluding steroid dienone is 1. The molecule has 0 radical (unpaired) electrons. The molecule has 0 amide bonds. The van der Waals surface area contributed by atoms with E-state index in [4.69, 9.17) is 0 Å². The van der Waals surface area contributed by atoms with Crippen LogP contribution in [-0.4, -0.2) is 34.5 Å². The van der Waals surface area contributed by atoms with E-state index in [0.717, 1.165) is 51.6 Å². The molecule has 1 N–H and O–H groups in total. The minimum Gasteiger partial charge on any atom is -0.364 e. The normalized spacial score (nSPS) is 17.3. The van der Waals surface area contributed by atoms with Gasteiger partial charge in [-0.05, 0) is 62.8 Å². The van der Waals surface area contributed by atoms with Crippen molar-refractivity contribution in [3.8, 4) is 0 Å². The molecule has 0 bridgehead atoms. The second-order valence-corrected chi connectivity index (χ2v) is 8.56. The highest BCUT2D eigenvalue weighted by atomic mass is 16.6. The Hall–Kier alpha value is -2.96. The molecule has 7 nitrogen and oxygen atoms in total. The van der Waals surface area contributed by atoms with Crippen LogP contribution in [0.2, 0.25) is 0 Å². The maximum Gasteiger partial charge on any atom is 0.353 e. The molecule has 1 aromatic carbocycles. The summed E-state index contributed by atoms with van der Waals surface area (Å²) >= 11 is 0. The zero-order valence-corrected chi connectivity index (χ0v) is 18.0. The zero-order valence-electron chi connectivity index (χ0n) is 18.0. The minimum absolute atomic E-state index is 0.00151. The molecule has 1 aliphatic heterocycles. The van der Waals surface area contributed by atoms with Crippen LogP contribution in [0.5, 0.6) is 0 Å². The molecular weight excluding hydrogens is 390 g/mol. The van der Waals surface area contributed by atoms with E-state index in [2.05, 4.69) is 50.5 Å². The fraction of sp³-hybridized carbons (Fsp3) is 0.500. The first kappa shape index (κ1) is 21.3. The second kappa shape index (κ2) is 10.4. The molecule has 7 heteroatoms. The Bertz CT molecular complexity index is 907. The predicted octanol–water partition coefficient (Wildman–Crippen LogP) is 5.15. The molecule has 1 aliphatic carbocycles. The van der Waals surface area contributed by atoms with Crippen molar-refractivity contribution < 1.29 is 4.92 Å². The predicted molar refractivity (Wildman–Crippen MR) is 123 cm³/mol. The number of nitrogens with one attached hydrogen (secondary N) is 1. The highest BCUT2D eigenvalue weighted by Crippen LogP contribution is 2.34. The Morgan fingerprint density at radius 3 is 2.65 bits per heavy atom. The van der Waals surface area contributed by atoms with Gasteiger partial charge in [0.25, 0.3) is 0 Å². The van der Waals surface area contributed by atoms with Crippen molar-refractivity contribution >= 4 is 17.3 Å². The van der Waals surface area contributed by atoms with Gasteiger partial charge >= 0.3 is 5.69 Å². The maximum atomic E-state index is 11.9. The Kier molecular flexibility index (Phi) is 7.12. The number of rotatable bonds is 8. The van der Waals surface area contributed by atoms with E-state index in [1.54, 1.807) is 0 Å². The third-order valence-corrected chi connectivity index (χ3v) is 6.39. The van der Waals surface area contributed by atoms with E-state index < -0.39 is 0 Å². The molecule has 164 valence electrons. The molecule has 2 aliphatic rings. The van der Waals surface area contributed by atoms with E-state index in [0.29, 0.717) is 24.1 Å². The summed E-state index contributed by atoms with van der Waals surface area (Å²) in [5.74, 6) is 1.37.